The Morgan fingerprint density at radius 1 is 1.18 bits per heavy atom. The number of ether oxygens (including phenoxy) is 1. The molecule has 8 nitrogen and oxygen atoms in total. The van der Waals surface area contributed by atoms with E-state index in [-0.39, 0.29) is 41.8 Å². The number of benzene rings is 2. The second-order valence-electron chi connectivity index (χ2n) is 14.0. The van der Waals surface area contributed by atoms with Gasteiger partial charge in [-0.25, -0.2) is 13.1 Å². The number of amides is 1. The number of anilines is 1. The maximum atomic E-state index is 13.4. The fourth-order valence-corrected chi connectivity index (χ4v) is 10.1. The minimum atomic E-state index is -3.95. The number of aliphatic hydroxyl groups excluding tert-OH is 1. The summed E-state index contributed by atoms with van der Waals surface area (Å²) in [4.78, 5) is 15.7. The zero-order valence-corrected chi connectivity index (χ0v) is 26.7. The number of aliphatic hydroxyl groups is 2. The first-order chi connectivity index (χ1) is 21.0. The van der Waals surface area contributed by atoms with Crippen LogP contribution in [0.15, 0.2) is 48.6 Å². The highest BCUT2D eigenvalue weighted by Gasteiger charge is 2.60. The minimum Gasteiger partial charge on any atom is -0.490 e. The monoisotopic (exact) mass is 640 g/mol. The Bertz CT molecular complexity index is 1630. The Morgan fingerprint density at radius 3 is 2.80 bits per heavy atom. The molecule has 3 N–H and O–H groups in total. The molecule has 44 heavy (non-hydrogen) atoms. The normalized spacial score (nSPS) is 36.4. The molecule has 2 saturated carbocycles. The second-order valence-corrected chi connectivity index (χ2v) is 16.6. The number of hydrogen-bond donors (Lipinski definition) is 3. The maximum Gasteiger partial charge on any atom is 0.264 e. The summed E-state index contributed by atoms with van der Waals surface area (Å²) in [5.41, 5.74) is 1.99. The van der Waals surface area contributed by atoms with E-state index in [0.29, 0.717) is 43.3 Å². The first-order valence-corrected chi connectivity index (χ1v) is 17.7. The van der Waals surface area contributed by atoms with Gasteiger partial charge in [0.05, 0.1) is 22.6 Å². The Kier molecular flexibility index (Phi) is 7.35. The van der Waals surface area contributed by atoms with Gasteiger partial charge in [-0.15, -0.1) is 0 Å². The third-order valence-electron chi connectivity index (χ3n) is 11.3. The number of carbonyl (C=O) groups is 1. The van der Waals surface area contributed by atoms with E-state index in [1.165, 1.54) is 11.1 Å². The minimum absolute atomic E-state index is 0.0550. The first kappa shape index (κ1) is 30.1. The van der Waals surface area contributed by atoms with Gasteiger partial charge in [-0.3, -0.25) is 4.79 Å². The number of fused-ring (bicyclic) bond motifs is 5. The average molecular weight is 641 g/mol. The molecule has 1 spiro atoms. The van der Waals surface area contributed by atoms with E-state index in [1.807, 2.05) is 12.1 Å². The van der Waals surface area contributed by atoms with Gasteiger partial charge in [-0.1, -0.05) is 29.8 Å². The summed E-state index contributed by atoms with van der Waals surface area (Å²) in [5, 5.41) is 22.6. The van der Waals surface area contributed by atoms with Crippen molar-refractivity contribution in [1.82, 2.24) is 4.72 Å². The van der Waals surface area contributed by atoms with Gasteiger partial charge in [0.15, 0.2) is 0 Å². The van der Waals surface area contributed by atoms with Crippen LogP contribution in [-0.4, -0.2) is 61.2 Å². The molecule has 10 heteroatoms. The summed E-state index contributed by atoms with van der Waals surface area (Å²) < 4.78 is 34.7. The van der Waals surface area contributed by atoms with Crippen LogP contribution in [0.25, 0.3) is 0 Å². The molecule has 3 aliphatic carbocycles. The highest BCUT2D eigenvalue weighted by molar-refractivity contribution is 7.91. The SMILES string of the molecule is C[C@@]12C[C@H]1C/C=C/[C@](O)(CCO)[C@@H]1CC[C@H]1CN1C[C@@]3(CCCc4cc(Cl)ccc43)COc3ccc(cc31)C(=O)NS2(=O)=O. The summed E-state index contributed by atoms with van der Waals surface area (Å²) in [6.07, 6.45) is 9.49. The number of halogens is 1. The van der Waals surface area contributed by atoms with Crippen molar-refractivity contribution < 1.29 is 28.2 Å². The molecule has 6 atom stereocenters. The molecule has 2 heterocycles. The molecule has 236 valence electrons. The van der Waals surface area contributed by atoms with Crippen LogP contribution in [0.5, 0.6) is 5.75 Å². The van der Waals surface area contributed by atoms with Crippen molar-refractivity contribution in [3.05, 3.63) is 70.3 Å². The number of rotatable bonds is 2. The lowest BCUT2D eigenvalue weighted by Gasteiger charge is -2.49. The molecule has 2 fully saturated rings. The quantitative estimate of drug-likeness (QED) is 0.406. The zero-order chi connectivity index (χ0) is 30.9. The molecule has 2 aliphatic heterocycles. The van der Waals surface area contributed by atoms with Crippen molar-refractivity contribution in [3.63, 3.8) is 0 Å². The van der Waals surface area contributed by atoms with Gasteiger partial charge < -0.3 is 19.8 Å². The van der Waals surface area contributed by atoms with Gasteiger partial charge in [0.1, 0.15) is 5.75 Å². The summed E-state index contributed by atoms with van der Waals surface area (Å²) in [5.74, 6) is -0.0465. The number of hydrogen-bond acceptors (Lipinski definition) is 7. The van der Waals surface area contributed by atoms with Crippen LogP contribution in [0.1, 0.15) is 73.4 Å². The van der Waals surface area contributed by atoms with E-state index < -0.39 is 26.3 Å². The molecule has 0 unspecified atom stereocenters. The molecule has 1 amide bonds. The highest BCUT2D eigenvalue weighted by atomic mass is 35.5. The first-order valence-electron chi connectivity index (χ1n) is 15.9. The van der Waals surface area contributed by atoms with Crippen LogP contribution in [-0.2, 0) is 21.9 Å². The number of carbonyl (C=O) groups excluding carboxylic acids is 1. The third kappa shape index (κ3) is 4.95. The van der Waals surface area contributed by atoms with Crippen LogP contribution in [0.4, 0.5) is 5.69 Å². The maximum absolute atomic E-state index is 13.4. The van der Waals surface area contributed by atoms with Gasteiger partial charge in [-0.05, 0) is 111 Å². The summed E-state index contributed by atoms with van der Waals surface area (Å²) >= 11 is 6.40. The predicted molar refractivity (Wildman–Crippen MR) is 170 cm³/mol. The lowest BCUT2D eigenvalue weighted by Crippen LogP contribution is -2.52. The number of nitrogens with zero attached hydrogens (tertiary/aromatic N) is 1. The molecule has 5 aliphatic rings. The van der Waals surface area contributed by atoms with Crippen LogP contribution in [0.2, 0.25) is 5.02 Å². The van der Waals surface area contributed by atoms with Crippen molar-refractivity contribution in [3.8, 4) is 5.75 Å². The molecule has 2 bridgehead atoms. The average Bonchev–Trinajstić information content (AvgIpc) is 3.67. The Balaban J connectivity index is 1.32. The number of aryl methyl sites for hydroxylation is 1. The van der Waals surface area contributed by atoms with Crippen molar-refractivity contribution in [2.24, 2.45) is 17.8 Å². The molecule has 2 aromatic rings. The van der Waals surface area contributed by atoms with E-state index in [0.717, 1.165) is 37.8 Å². The summed E-state index contributed by atoms with van der Waals surface area (Å²) in [6, 6.07) is 11.3. The van der Waals surface area contributed by atoms with Gasteiger partial charge in [0.25, 0.3) is 5.91 Å². The smallest absolute Gasteiger partial charge is 0.264 e. The molecule has 0 saturated heterocycles. The predicted octanol–water partition coefficient (Wildman–Crippen LogP) is 4.75. The van der Waals surface area contributed by atoms with E-state index >= 15 is 0 Å². The molecular formula is C34H41ClN2O6S. The van der Waals surface area contributed by atoms with Crippen LogP contribution in [0.3, 0.4) is 0 Å². The van der Waals surface area contributed by atoms with Crippen LogP contribution >= 0.6 is 11.6 Å². The van der Waals surface area contributed by atoms with Crippen LogP contribution in [0, 0.1) is 17.8 Å². The fraction of sp³-hybridized carbons (Fsp3) is 0.559. The topological polar surface area (TPSA) is 116 Å². The highest BCUT2D eigenvalue weighted by Crippen LogP contribution is 2.53. The van der Waals surface area contributed by atoms with E-state index in [2.05, 4.69) is 21.8 Å². The molecule has 2 aromatic carbocycles. The third-order valence-corrected chi connectivity index (χ3v) is 13.8. The molecule has 0 radical (unpaired) electrons. The molecule has 7 rings (SSSR count). The van der Waals surface area contributed by atoms with Crippen molar-refractivity contribution in [1.29, 1.82) is 0 Å². The Labute approximate surface area is 264 Å². The van der Waals surface area contributed by atoms with Crippen molar-refractivity contribution in [2.75, 3.05) is 31.2 Å². The van der Waals surface area contributed by atoms with E-state index in [1.54, 1.807) is 31.2 Å². The van der Waals surface area contributed by atoms with Gasteiger partial charge in [0.2, 0.25) is 10.0 Å². The summed E-state index contributed by atoms with van der Waals surface area (Å²) in [6.45, 7) is 3.29. The summed E-state index contributed by atoms with van der Waals surface area (Å²) in [7, 11) is -3.95. The van der Waals surface area contributed by atoms with Gasteiger partial charge >= 0.3 is 0 Å². The van der Waals surface area contributed by atoms with Gasteiger partial charge in [-0.2, -0.15) is 0 Å². The molecule has 0 aromatic heterocycles. The largest absolute Gasteiger partial charge is 0.490 e. The number of allylic oxidation sites excluding steroid dienone is 1. The van der Waals surface area contributed by atoms with E-state index in [4.69, 9.17) is 16.3 Å². The van der Waals surface area contributed by atoms with Crippen LogP contribution < -0.4 is 14.4 Å². The Hall–Kier alpha value is -2.59. The number of nitrogens with one attached hydrogen (secondary N) is 1. The lowest BCUT2D eigenvalue weighted by atomic mass is 9.63. The fourth-order valence-electron chi connectivity index (χ4n) is 8.38. The lowest BCUT2D eigenvalue weighted by molar-refractivity contribution is -0.0583. The van der Waals surface area contributed by atoms with Crippen molar-refractivity contribution >= 4 is 33.2 Å². The van der Waals surface area contributed by atoms with E-state index in [9.17, 15) is 23.4 Å². The number of sulfonamides is 1. The standard InChI is InChI=1S/C34H41ClN2O6S/c1-32-18-25(32)5-3-13-34(40,14-15-38)28-9-6-24(28)19-37-20-33(12-2-4-22-16-26(35)8-10-27(22)33)21-43-30-11-7-23(17-29(30)37)31(39)36-44(32,41)42/h3,7-8,10-11,13,16-17,24-25,28,38,40H,2,4-6,9,12,14-15,18-21H2,1H3,(H,36,39)/b13-3+/t24-,25+,28+,32+,33-,34-/m0/s1. The van der Waals surface area contributed by atoms with Crippen molar-refractivity contribution in [2.45, 2.75) is 74.1 Å². The zero-order valence-electron chi connectivity index (χ0n) is 25.1. The Morgan fingerprint density at radius 2 is 2.02 bits per heavy atom. The second kappa shape index (κ2) is 10.7. The van der Waals surface area contributed by atoms with Gasteiger partial charge in [0, 0.05) is 42.1 Å². The molecular weight excluding hydrogens is 600 g/mol.